The Labute approximate surface area is 121 Å². The maximum Gasteiger partial charge on any atom is 0.157 e. The molecule has 2 nitrogen and oxygen atoms in total. The van der Waals surface area contributed by atoms with E-state index in [4.69, 9.17) is 0 Å². The molecule has 1 fully saturated rings. The molecule has 0 spiro atoms. The second-order valence-corrected chi connectivity index (χ2v) is 5.99. The van der Waals surface area contributed by atoms with Crippen LogP contribution in [0, 0.1) is 12.7 Å². The van der Waals surface area contributed by atoms with E-state index < -0.39 is 0 Å². The average molecular weight is 277 g/mol. The Morgan fingerprint density at radius 2 is 2.00 bits per heavy atom. The van der Waals surface area contributed by atoms with E-state index in [1.165, 1.54) is 25.0 Å². The Bertz CT molecular complexity index is 494. The van der Waals surface area contributed by atoms with Gasteiger partial charge in [0.2, 0.25) is 0 Å². The smallest absolute Gasteiger partial charge is 0.157 e. The van der Waals surface area contributed by atoms with Gasteiger partial charge in [0.25, 0.3) is 0 Å². The summed E-state index contributed by atoms with van der Waals surface area (Å²) in [5.41, 5.74) is 1.42. The van der Waals surface area contributed by atoms with Crippen molar-refractivity contribution in [2.45, 2.75) is 52.0 Å². The molecule has 0 amide bonds. The van der Waals surface area contributed by atoms with E-state index in [-0.39, 0.29) is 17.1 Å². The summed E-state index contributed by atoms with van der Waals surface area (Å²) in [7, 11) is 0. The lowest BCUT2D eigenvalue weighted by molar-refractivity contribution is -0.129. The number of carbonyl (C=O) groups is 1. The van der Waals surface area contributed by atoms with Crippen molar-refractivity contribution in [1.29, 1.82) is 0 Å². The van der Waals surface area contributed by atoms with Crippen molar-refractivity contribution >= 4 is 5.78 Å². The Hall–Kier alpha value is -1.22. The zero-order valence-corrected chi connectivity index (χ0v) is 12.7. The lowest BCUT2D eigenvalue weighted by Crippen LogP contribution is -2.51. The first-order chi connectivity index (χ1) is 9.47. The third-order valence-corrected chi connectivity index (χ3v) is 4.75. The van der Waals surface area contributed by atoms with Crippen molar-refractivity contribution < 1.29 is 9.18 Å². The highest BCUT2D eigenvalue weighted by molar-refractivity contribution is 5.90. The molecule has 0 N–H and O–H groups in total. The topological polar surface area (TPSA) is 20.3 Å². The van der Waals surface area contributed by atoms with Crippen LogP contribution < -0.4 is 0 Å². The monoisotopic (exact) mass is 277 g/mol. The number of carbonyl (C=O) groups excluding carboxylic acids is 1. The summed E-state index contributed by atoms with van der Waals surface area (Å²) in [6.07, 6.45) is 3.58. The molecular weight excluding hydrogens is 253 g/mol. The van der Waals surface area contributed by atoms with Crippen LogP contribution in [0.2, 0.25) is 0 Å². The van der Waals surface area contributed by atoms with E-state index in [0.717, 1.165) is 30.6 Å². The fourth-order valence-corrected chi connectivity index (χ4v) is 3.03. The van der Waals surface area contributed by atoms with Gasteiger partial charge in [-0.2, -0.15) is 0 Å². The highest BCUT2D eigenvalue weighted by Crippen LogP contribution is 2.27. The van der Waals surface area contributed by atoms with Crippen molar-refractivity contribution in [2.24, 2.45) is 0 Å². The molecule has 1 aliphatic rings. The average Bonchev–Trinajstić information content (AvgIpc) is 2.95. The van der Waals surface area contributed by atoms with Gasteiger partial charge >= 0.3 is 0 Å². The van der Waals surface area contributed by atoms with Gasteiger partial charge in [-0.1, -0.05) is 13.0 Å². The van der Waals surface area contributed by atoms with Gasteiger partial charge in [-0.05, 0) is 69.5 Å². The maximum absolute atomic E-state index is 13.1. The predicted octanol–water partition coefficient (Wildman–Crippen LogP) is 3.51. The lowest BCUT2D eigenvalue weighted by atomic mass is 9.86. The van der Waals surface area contributed by atoms with E-state index in [1.54, 1.807) is 6.07 Å². The van der Waals surface area contributed by atoms with Gasteiger partial charge in [0.15, 0.2) is 5.78 Å². The van der Waals surface area contributed by atoms with Gasteiger partial charge in [-0.25, -0.2) is 4.39 Å². The Morgan fingerprint density at radius 1 is 1.35 bits per heavy atom. The summed E-state index contributed by atoms with van der Waals surface area (Å²) >= 11 is 0. The fraction of sp³-hybridized carbons (Fsp3) is 0.588. The second kappa shape index (κ2) is 6.04. The zero-order valence-electron chi connectivity index (χ0n) is 12.7. The van der Waals surface area contributed by atoms with E-state index in [2.05, 4.69) is 18.7 Å². The number of benzene rings is 1. The molecule has 3 heteroatoms. The van der Waals surface area contributed by atoms with E-state index in [0.29, 0.717) is 6.42 Å². The number of aryl methyl sites for hydroxylation is 1. The first-order valence-corrected chi connectivity index (χ1v) is 7.50. The first kappa shape index (κ1) is 15.2. The van der Waals surface area contributed by atoms with Crippen LogP contribution in [0.25, 0.3) is 0 Å². The summed E-state index contributed by atoms with van der Waals surface area (Å²) in [5, 5.41) is 0. The number of likely N-dealkylation sites (tertiary alicyclic amines) is 1. The highest BCUT2D eigenvalue weighted by atomic mass is 19.1. The number of hydrogen-bond acceptors (Lipinski definition) is 2. The third kappa shape index (κ3) is 2.93. The molecule has 2 rings (SSSR count). The Morgan fingerprint density at radius 3 is 2.55 bits per heavy atom. The Balaban J connectivity index is 2.16. The predicted molar refractivity (Wildman–Crippen MR) is 79.4 cm³/mol. The molecular formula is C17H24FNO. The van der Waals surface area contributed by atoms with Crippen LogP contribution in [0.3, 0.4) is 0 Å². The first-order valence-electron chi connectivity index (χ1n) is 7.50. The van der Waals surface area contributed by atoms with Crippen molar-refractivity contribution in [2.75, 3.05) is 13.1 Å². The minimum Gasteiger partial charge on any atom is -0.297 e. The van der Waals surface area contributed by atoms with E-state index >= 15 is 0 Å². The number of hydrogen-bond donors (Lipinski definition) is 0. The number of rotatable bonds is 5. The van der Waals surface area contributed by atoms with Gasteiger partial charge < -0.3 is 0 Å². The molecule has 1 atom stereocenters. The molecule has 1 aromatic rings. The zero-order chi connectivity index (χ0) is 14.8. The summed E-state index contributed by atoms with van der Waals surface area (Å²) in [5.74, 6) is 0.00750. The van der Waals surface area contributed by atoms with Crippen molar-refractivity contribution in [3.63, 3.8) is 0 Å². The number of Topliss-reactive ketones (excluding diaryl/α,β-unsaturated/α-hetero) is 1. The molecule has 20 heavy (non-hydrogen) atoms. The lowest BCUT2D eigenvalue weighted by Gasteiger charge is -2.37. The molecule has 1 aromatic carbocycles. The molecule has 0 radical (unpaired) electrons. The second-order valence-electron chi connectivity index (χ2n) is 5.99. The molecule has 1 unspecified atom stereocenters. The summed E-state index contributed by atoms with van der Waals surface area (Å²) in [4.78, 5) is 15.1. The van der Waals surface area contributed by atoms with E-state index in [9.17, 15) is 9.18 Å². The van der Waals surface area contributed by atoms with Crippen LogP contribution in [0.15, 0.2) is 18.2 Å². The summed E-state index contributed by atoms with van der Waals surface area (Å²) in [6.45, 7) is 8.02. The molecule has 1 aliphatic heterocycles. The summed E-state index contributed by atoms with van der Waals surface area (Å²) in [6, 6.07) is 4.68. The van der Waals surface area contributed by atoms with Gasteiger partial charge in [-0.3, -0.25) is 9.69 Å². The van der Waals surface area contributed by atoms with Crippen molar-refractivity contribution in [3.05, 3.63) is 35.1 Å². The number of halogens is 1. The number of nitrogens with zero attached hydrogens (tertiary/aromatic N) is 1. The van der Waals surface area contributed by atoms with E-state index in [1.807, 2.05) is 6.92 Å². The van der Waals surface area contributed by atoms with Gasteiger partial charge in [-0.15, -0.1) is 0 Å². The van der Waals surface area contributed by atoms with Crippen LogP contribution in [-0.2, 0) is 11.2 Å². The summed E-state index contributed by atoms with van der Waals surface area (Å²) < 4.78 is 13.1. The molecule has 1 saturated heterocycles. The molecule has 110 valence electrons. The molecule has 0 aliphatic carbocycles. The van der Waals surface area contributed by atoms with Crippen molar-refractivity contribution in [1.82, 2.24) is 4.90 Å². The molecule has 1 heterocycles. The maximum atomic E-state index is 13.1. The van der Waals surface area contributed by atoms with Crippen molar-refractivity contribution in [3.8, 4) is 0 Å². The molecule has 0 bridgehead atoms. The van der Waals surface area contributed by atoms with Crippen LogP contribution in [0.4, 0.5) is 4.39 Å². The molecule has 0 aromatic heterocycles. The standard InChI is InChI=1S/C17H24FNO/c1-4-17(3,19-9-5-6-10-19)16(20)12-14-7-8-15(18)11-13(14)2/h7-8,11H,4-6,9-10,12H2,1-3H3. The highest BCUT2D eigenvalue weighted by Gasteiger charge is 2.38. The van der Waals surface area contributed by atoms with Gasteiger partial charge in [0.05, 0.1) is 5.54 Å². The minimum atomic E-state index is -0.378. The fourth-order valence-electron chi connectivity index (χ4n) is 3.03. The van der Waals surface area contributed by atoms with Crippen LogP contribution in [0.1, 0.15) is 44.2 Å². The number of ketones is 1. The van der Waals surface area contributed by atoms with Crippen LogP contribution in [0.5, 0.6) is 0 Å². The normalized spacial score (nSPS) is 19.0. The van der Waals surface area contributed by atoms with Gasteiger partial charge in [0.1, 0.15) is 5.82 Å². The minimum absolute atomic E-state index is 0.239. The van der Waals surface area contributed by atoms with Crippen LogP contribution >= 0.6 is 0 Å². The molecule has 0 saturated carbocycles. The SMILES string of the molecule is CCC(C)(C(=O)Cc1ccc(F)cc1C)N1CCCC1. The largest absolute Gasteiger partial charge is 0.297 e. The Kier molecular flexibility index (Phi) is 4.59. The van der Waals surface area contributed by atoms with Crippen LogP contribution in [-0.4, -0.2) is 29.3 Å². The quantitative estimate of drug-likeness (QED) is 0.821. The third-order valence-electron chi connectivity index (χ3n) is 4.75. The van der Waals surface area contributed by atoms with Gasteiger partial charge in [0, 0.05) is 6.42 Å².